The van der Waals surface area contributed by atoms with Crippen molar-refractivity contribution in [2.45, 2.75) is 0 Å². The van der Waals surface area contributed by atoms with Gasteiger partial charge in [0.25, 0.3) is 0 Å². The van der Waals surface area contributed by atoms with Crippen LogP contribution >= 0.6 is 0 Å². The van der Waals surface area contributed by atoms with Gasteiger partial charge in [-0.3, -0.25) is 4.98 Å². The molecule has 0 spiro atoms. The van der Waals surface area contributed by atoms with Gasteiger partial charge in [-0.15, -0.1) is 0 Å². The molecule has 1 rings (SSSR count). The molecule has 0 amide bonds. The second-order valence-electron chi connectivity index (χ2n) is 2.23. The van der Waals surface area contributed by atoms with Crippen LogP contribution < -0.4 is 0 Å². The maximum Gasteiger partial charge on any atom is 0.336 e. The average Bonchev–Trinajstić information content (AvgIpc) is 2.15. The third kappa shape index (κ3) is 2.14. The number of aromatic nitrogens is 1. The van der Waals surface area contributed by atoms with Gasteiger partial charge in [0.15, 0.2) is 0 Å². The molecule has 0 atom stereocenters. The normalized spacial score (nSPS) is 9.77. The van der Waals surface area contributed by atoms with Gasteiger partial charge in [-0.25, -0.2) is 4.79 Å². The van der Waals surface area contributed by atoms with Crippen molar-refractivity contribution in [3.63, 3.8) is 0 Å². The van der Waals surface area contributed by atoms with Crippen LogP contribution in [0.2, 0.25) is 0 Å². The number of carboxylic acids is 1. The summed E-state index contributed by atoms with van der Waals surface area (Å²) in [7, 11) is 0. The lowest BCUT2D eigenvalue weighted by atomic mass is 10.1. The maximum absolute atomic E-state index is 10.6. The summed E-state index contributed by atoms with van der Waals surface area (Å²) in [5.74, 6) is -1.03. The first kappa shape index (κ1) is 8.94. The molecule has 0 saturated heterocycles. The smallest absolute Gasteiger partial charge is 0.336 e. The van der Waals surface area contributed by atoms with E-state index in [1.165, 1.54) is 30.6 Å². The molecular weight excluding hydrogens is 168 g/mol. The minimum atomic E-state index is -1.03. The van der Waals surface area contributed by atoms with Crippen molar-refractivity contribution in [3.05, 3.63) is 35.7 Å². The van der Waals surface area contributed by atoms with E-state index >= 15 is 0 Å². The molecule has 1 aromatic rings. The third-order valence-corrected chi connectivity index (χ3v) is 1.42. The van der Waals surface area contributed by atoms with Crippen LogP contribution in [-0.2, 0) is 0 Å². The number of allylic oxidation sites excluding steroid dienone is 1. The van der Waals surface area contributed by atoms with E-state index in [0.717, 1.165) is 0 Å². The number of nitriles is 1. The van der Waals surface area contributed by atoms with Crippen molar-refractivity contribution in [3.8, 4) is 6.07 Å². The topological polar surface area (TPSA) is 74.0 Å². The Bertz CT molecular complexity index is 391. The summed E-state index contributed by atoms with van der Waals surface area (Å²) < 4.78 is 0. The first-order valence-corrected chi connectivity index (χ1v) is 3.49. The van der Waals surface area contributed by atoms with Crippen molar-refractivity contribution in [2.75, 3.05) is 0 Å². The SMILES string of the molecule is N#CC=Cc1cnccc1C(=O)O. The van der Waals surface area contributed by atoms with Crippen LogP contribution in [-0.4, -0.2) is 16.1 Å². The molecule has 0 aliphatic heterocycles. The van der Waals surface area contributed by atoms with Gasteiger partial charge in [-0.1, -0.05) is 0 Å². The lowest BCUT2D eigenvalue weighted by Gasteiger charge is -1.97. The van der Waals surface area contributed by atoms with Crippen LogP contribution in [0.4, 0.5) is 0 Å². The van der Waals surface area contributed by atoms with Crippen molar-refractivity contribution in [1.82, 2.24) is 4.98 Å². The lowest BCUT2D eigenvalue weighted by molar-refractivity contribution is 0.0696. The fourth-order valence-corrected chi connectivity index (χ4v) is 0.861. The predicted molar refractivity (Wildman–Crippen MR) is 45.8 cm³/mol. The van der Waals surface area contributed by atoms with Crippen LogP contribution in [0.15, 0.2) is 24.5 Å². The van der Waals surface area contributed by atoms with Crippen LogP contribution in [0.25, 0.3) is 6.08 Å². The van der Waals surface area contributed by atoms with E-state index in [9.17, 15) is 4.79 Å². The van der Waals surface area contributed by atoms with Gasteiger partial charge in [0.1, 0.15) is 0 Å². The minimum Gasteiger partial charge on any atom is -0.478 e. The Morgan fingerprint density at radius 1 is 1.69 bits per heavy atom. The molecule has 0 aliphatic carbocycles. The Hall–Kier alpha value is -2.15. The van der Waals surface area contributed by atoms with E-state index < -0.39 is 5.97 Å². The molecule has 4 heteroatoms. The largest absolute Gasteiger partial charge is 0.478 e. The van der Waals surface area contributed by atoms with Gasteiger partial charge < -0.3 is 5.11 Å². The highest BCUT2D eigenvalue weighted by Gasteiger charge is 2.05. The number of carboxylic acid groups (broad SMARTS) is 1. The molecule has 0 saturated carbocycles. The number of aromatic carboxylic acids is 1. The van der Waals surface area contributed by atoms with Crippen molar-refractivity contribution < 1.29 is 9.90 Å². The standard InChI is InChI=1S/C9H6N2O2/c10-4-1-2-7-6-11-5-3-8(7)9(12)13/h1-3,5-6H,(H,12,13). The van der Waals surface area contributed by atoms with Gasteiger partial charge in [0.05, 0.1) is 11.6 Å². The summed E-state index contributed by atoms with van der Waals surface area (Å²) in [6.45, 7) is 0. The highest BCUT2D eigenvalue weighted by molar-refractivity contribution is 5.91. The molecule has 4 nitrogen and oxygen atoms in total. The van der Waals surface area contributed by atoms with E-state index in [2.05, 4.69) is 4.98 Å². The van der Waals surface area contributed by atoms with Crippen LogP contribution in [0.1, 0.15) is 15.9 Å². The number of hydrogen-bond donors (Lipinski definition) is 1. The molecule has 1 N–H and O–H groups in total. The van der Waals surface area contributed by atoms with Gasteiger partial charge in [-0.2, -0.15) is 5.26 Å². The van der Waals surface area contributed by atoms with E-state index in [-0.39, 0.29) is 5.56 Å². The van der Waals surface area contributed by atoms with Crippen LogP contribution in [0.5, 0.6) is 0 Å². The van der Waals surface area contributed by atoms with E-state index in [4.69, 9.17) is 10.4 Å². The molecule has 64 valence electrons. The summed E-state index contributed by atoms with van der Waals surface area (Å²) in [5, 5.41) is 17.0. The Kier molecular flexibility index (Phi) is 2.77. The van der Waals surface area contributed by atoms with Gasteiger partial charge in [0.2, 0.25) is 0 Å². The summed E-state index contributed by atoms with van der Waals surface area (Å²) in [6, 6.07) is 3.17. The van der Waals surface area contributed by atoms with Crippen LogP contribution in [0.3, 0.4) is 0 Å². The Labute approximate surface area is 74.8 Å². The monoisotopic (exact) mass is 174 g/mol. The highest BCUT2D eigenvalue weighted by Crippen LogP contribution is 2.08. The van der Waals surface area contributed by atoms with Crippen molar-refractivity contribution in [1.29, 1.82) is 5.26 Å². The number of nitrogens with zero attached hydrogens (tertiary/aromatic N) is 2. The molecule has 0 fully saturated rings. The molecule has 0 unspecified atom stereocenters. The average molecular weight is 174 g/mol. The Balaban J connectivity index is 3.14. The summed E-state index contributed by atoms with van der Waals surface area (Å²) in [5.41, 5.74) is 0.568. The number of rotatable bonds is 2. The van der Waals surface area contributed by atoms with E-state index in [0.29, 0.717) is 5.56 Å². The maximum atomic E-state index is 10.6. The predicted octanol–water partition coefficient (Wildman–Crippen LogP) is 1.32. The quantitative estimate of drug-likeness (QED) is 0.686. The fraction of sp³-hybridized carbons (Fsp3) is 0. The first-order chi connectivity index (χ1) is 6.25. The fourth-order valence-electron chi connectivity index (χ4n) is 0.861. The summed E-state index contributed by atoms with van der Waals surface area (Å²) in [6.07, 6.45) is 5.42. The van der Waals surface area contributed by atoms with E-state index in [1.54, 1.807) is 6.07 Å². The molecule has 1 aromatic heterocycles. The molecule has 0 radical (unpaired) electrons. The lowest BCUT2D eigenvalue weighted by Crippen LogP contribution is -1.99. The zero-order valence-corrected chi connectivity index (χ0v) is 6.64. The highest BCUT2D eigenvalue weighted by atomic mass is 16.4. The zero-order chi connectivity index (χ0) is 9.68. The molecule has 0 aromatic carbocycles. The minimum absolute atomic E-state index is 0.140. The third-order valence-electron chi connectivity index (χ3n) is 1.42. The Morgan fingerprint density at radius 2 is 2.46 bits per heavy atom. The number of carbonyl (C=O) groups is 1. The van der Waals surface area contributed by atoms with Gasteiger partial charge in [0, 0.05) is 24.0 Å². The number of pyridine rings is 1. The van der Waals surface area contributed by atoms with Crippen LogP contribution in [0, 0.1) is 11.3 Å². The molecular formula is C9H6N2O2. The van der Waals surface area contributed by atoms with Gasteiger partial charge >= 0.3 is 5.97 Å². The second kappa shape index (κ2) is 4.02. The van der Waals surface area contributed by atoms with Crippen molar-refractivity contribution >= 4 is 12.0 Å². The zero-order valence-electron chi connectivity index (χ0n) is 6.64. The molecule has 0 aliphatic rings. The molecule has 0 bridgehead atoms. The summed E-state index contributed by atoms with van der Waals surface area (Å²) >= 11 is 0. The van der Waals surface area contributed by atoms with E-state index in [1.807, 2.05) is 0 Å². The number of hydrogen-bond acceptors (Lipinski definition) is 3. The molecule has 13 heavy (non-hydrogen) atoms. The summed E-state index contributed by atoms with van der Waals surface area (Å²) in [4.78, 5) is 14.4. The van der Waals surface area contributed by atoms with Crippen molar-refractivity contribution in [2.24, 2.45) is 0 Å². The first-order valence-electron chi connectivity index (χ1n) is 3.49. The molecule has 1 heterocycles. The Morgan fingerprint density at radius 3 is 3.08 bits per heavy atom. The van der Waals surface area contributed by atoms with Gasteiger partial charge in [-0.05, 0) is 12.1 Å². The second-order valence-corrected chi connectivity index (χ2v) is 2.23.